The highest BCUT2D eigenvalue weighted by atomic mass is 16.5. The van der Waals surface area contributed by atoms with Gasteiger partial charge in [-0.2, -0.15) is 0 Å². The van der Waals surface area contributed by atoms with Crippen LogP contribution >= 0.6 is 0 Å². The number of methoxy groups -OCH3 is 5. The number of hydrogen-bond donors (Lipinski definition) is 0. The fourth-order valence-corrected chi connectivity index (χ4v) is 3.88. The third-order valence-electron chi connectivity index (χ3n) is 5.18. The Kier molecular flexibility index (Phi) is 6.22. The predicted molar refractivity (Wildman–Crippen MR) is 110 cm³/mol. The van der Waals surface area contributed by atoms with Crippen LogP contribution in [0.2, 0.25) is 0 Å². The van der Waals surface area contributed by atoms with Crippen molar-refractivity contribution in [3.8, 4) is 28.7 Å². The van der Waals surface area contributed by atoms with E-state index >= 15 is 0 Å². The summed E-state index contributed by atoms with van der Waals surface area (Å²) in [4.78, 5) is 27.9. The number of carbonyl (C=O) groups is 2. The van der Waals surface area contributed by atoms with Crippen LogP contribution in [0.4, 0.5) is 0 Å². The first-order valence-corrected chi connectivity index (χ1v) is 9.16. The highest BCUT2D eigenvalue weighted by Crippen LogP contribution is 2.50. The number of Topliss-reactive ketones (excluding diaryl/α,β-unsaturated/α-hetero) is 1. The van der Waals surface area contributed by atoms with Gasteiger partial charge in [-0.05, 0) is 34.4 Å². The number of benzene rings is 2. The molecule has 0 N–H and O–H groups in total. The summed E-state index contributed by atoms with van der Waals surface area (Å²) in [6, 6.07) is 4.96. The second kappa shape index (κ2) is 8.85. The molecule has 1 atom stereocenters. The van der Waals surface area contributed by atoms with Crippen molar-refractivity contribution in [2.45, 2.75) is 12.3 Å². The number of fused-ring (bicyclic) bond motifs is 1. The van der Waals surface area contributed by atoms with E-state index in [1.165, 1.54) is 41.6 Å². The Bertz CT molecular complexity index is 1080. The lowest BCUT2D eigenvalue weighted by atomic mass is 9.90. The molecular weight excluding hydrogens is 406 g/mol. The number of azide groups is 1. The van der Waals surface area contributed by atoms with E-state index in [1.807, 2.05) is 0 Å². The van der Waals surface area contributed by atoms with E-state index in [4.69, 9.17) is 29.2 Å². The van der Waals surface area contributed by atoms with Gasteiger partial charge in [-0.1, -0.05) is 0 Å². The zero-order valence-corrected chi connectivity index (χ0v) is 17.7. The smallest absolute Gasteiger partial charge is 0.256 e. The Morgan fingerprint density at radius 3 is 2.00 bits per heavy atom. The number of amides is 1. The van der Waals surface area contributed by atoms with E-state index < -0.39 is 11.8 Å². The molecule has 2 aromatic rings. The van der Waals surface area contributed by atoms with Gasteiger partial charge in [0.15, 0.2) is 17.3 Å². The summed E-state index contributed by atoms with van der Waals surface area (Å²) in [5.41, 5.74) is 10.2. The molecule has 0 heterocycles. The second-order valence-corrected chi connectivity index (χ2v) is 6.58. The van der Waals surface area contributed by atoms with E-state index in [0.717, 1.165) is 0 Å². The van der Waals surface area contributed by atoms with E-state index in [0.29, 0.717) is 33.9 Å². The van der Waals surface area contributed by atoms with Gasteiger partial charge >= 0.3 is 0 Å². The number of hydrogen-bond acceptors (Lipinski definition) is 7. The maximum atomic E-state index is 12.9. The fraction of sp³-hybridized carbons (Fsp3) is 0.333. The molecule has 0 saturated heterocycles. The van der Waals surface area contributed by atoms with Crippen molar-refractivity contribution < 1.29 is 33.3 Å². The molecule has 0 radical (unpaired) electrons. The van der Waals surface area contributed by atoms with Gasteiger partial charge in [0.05, 0.1) is 35.5 Å². The van der Waals surface area contributed by atoms with Gasteiger partial charge in [-0.15, -0.1) is 0 Å². The molecule has 162 valence electrons. The van der Waals surface area contributed by atoms with Crippen molar-refractivity contribution in [1.82, 2.24) is 0 Å². The molecule has 1 unspecified atom stereocenters. The normalized spacial score (nSPS) is 14.4. The van der Waals surface area contributed by atoms with Crippen molar-refractivity contribution in [3.05, 3.63) is 50.9 Å². The average molecular weight is 427 g/mol. The second-order valence-electron chi connectivity index (χ2n) is 6.58. The topological polar surface area (TPSA) is 129 Å². The van der Waals surface area contributed by atoms with Crippen LogP contribution in [-0.2, 0) is 0 Å². The molecule has 1 aliphatic carbocycles. The van der Waals surface area contributed by atoms with Gasteiger partial charge < -0.3 is 23.7 Å². The maximum Gasteiger partial charge on any atom is 0.256 e. The van der Waals surface area contributed by atoms with E-state index in [9.17, 15) is 9.59 Å². The Balaban J connectivity index is 2.31. The molecule has 0 aliphatic heterocycles. The minimum atomic E-state index is -0.873. The molecule has 10 nitrogen and oxygen atoms in total. The Hall–Kier alpha value is -3.91. The molecule has 0 spiro atoms. The molecule has 1 aliphatic rings. The van der Waals surface area contributed by atoms with Crippen molar-refractivity contribution in [2.75, 3.05) is 35.5 Å². The zero-order chi connectivity index (χ0) is 22.7. The quantitative estimate of drug-likeness (QED) is 0.372. The number of ether oxygens (including phenoxy) is 5. The highest BCUT2D eigenvalue weighted by molar-refractivity contribution is 6.08. The minimum absolute atomic E-state index is 0.0475. The maximum absolute atomic E-state index is 12.9. The molecule has 2 aromatic carbocycles. The lowest BCUT2D eigenvalue weighted by molar-refractivity contribution is 0.0981. The molecule has 0 aromatic heterocycles. The highest BCUT2D eigenvalue weighted by Gasteiger charge is 2.38. The molecule has 10 heteroatoms. The summed E-state index contributed by atoms with van der Waals surface area (Å²) in [5.74, 6) is -0.00141. The van der Waals surface area contributed by atoms with Crippen LogP contribution < -0.4 is 23.7 Å². The van der Waals surface area contributed by atoms with Crippen molar-refractivity contribution in [3.63, 3.8) is 0 Å². The number of carbonyl (C=O) groups excluding carboxylic acids is 2. The lowest BCUT2D eigenvalue weighted by Crippen LogP contribution is -2.08. The summed E-state index contributed by atoms with van der Waals surface area (Å²) >= 11 is 0. The van der Waals surface area contributed by atoms with Crippen LogP contribution in [0.25, 0.3) is 10.4 Å². The summed E-state index contributed by atoms with van der Waals surface area (Å²) in [7, 11) is 7.21. The lowest BCUT2D eigenvalue weighted by Gasteiger charge is -2.21. The van der Waals surface area contributed by atoms with Crippen LogP contribution in [0.1, 0.15) is 44.2 Å². The van der Waals surface area contributed by atoms with Crippen LogP contribution in [-0.4, -0.2) is 47.2 Å². The van der Waals surface area contributed by atoms with Crippen LogP contribution in [0.5, 0.6) is 28.7 Å². The summed E-state index contributed by atoms with van der Waals surface area (Å²) in [6.45, 7) is 0. The van der Waals surface area contributed by atoms with Crippen LogP contribution in [0.15, 0.2) is 23.3 Å². The van der Waals surface area contributed by atoms with E-state index in [-0.39, 0.29) is 29.3 Å². The van der Waals surface area contributed by atoms with Gasteiger partial charge in [-0.25, -0.2) is 0 Å². The molecular formula is C21H21N3O7. The third kappa shape index (κ3) is 3.57. The first-order chi connectivity index (χ1) is 14.9. The van der Waals surface area contributed by atoms with Gasteiger partial charge in [0.2, 0.25) is 5.75 Å². The van der Waals surface area contributed by atoms with Crippen molar-refractivity contribution in [2.24, 2.45) is 5.11 Å². The largest absolute Gasteiger partial charge is 0.496 e. The third-order valence-corrected chi connectivity index (χ3v) is 5.18. The fourth-order valence-electron chi connectivity index (χ4n) is 3.88. The van der Waals surface area contributed by atoms with E-state index in [2.05, 4.69) is 10.0 Å². The van der Waals surface area contributed by atoms with Gasteiger partial charge in [0.1, 0.15) is 17.1 Å². The Morgan fingerprint density at radius 2 is 1.52 bits per heavy atom. The number of ketones is 1. The minimum Gasteiger partial charge on any atom is -0.496 e. The molecule has 1 amide bonds. The molecule has 3 rings (SSSR count). The number of nitrogens with zero attached hydrogens (tertiary/aromatic N) is 3. The van der Waals surface area contributed by atoms with Crippen LogP contribution in [0.3, 0.4) is 0 Å². The van der Waals surface area contributed by atoms with Gasteiger partial charge in [0.25, 0.3) is 5.91 Å². The Morgan fingerprint density at radius 1 is 0.935 bits per heavy atom. The Labute approximate surface area is 178 Å². The molecule has 0 bridgehead atoms. The first kappa shape index (κ1) is 21.8. The van der Waals surface area contributed by atoms with Crippen LogP contribution in [0, 0.1) is 0 Å². The number of rotatable bonds is 7. The van der Waals surface area contributed by atoms with Gasteiger partial charge in [-0.3, -0.25) is 9.59 Å². The SMILES string of the molecule is COc1cc(C2CC(=O)c3cc(OC)c(C(=O)N=[N+]=[N-])c(OC)c32)cc(OC)c1OC. The predicted octanol–water partition coefficient (Wildman–Crippen LogP) is 3.90. The van der Waals surface area contributed by atoms with Gasteiger partial charge in [0, 0.05) is 28.4 Å². The molecule has 0 saturated carbocycles. The van der Waals surface area contributed by atoms with Crippen molar-refractivity contribution >= 4 is 11.7 Å². The monoisotopic (exact) mass is 427 g/mol. The van der Waals surface area contributed by atoms with E-state index in [1.54, 1.807) is 12.1 Å². The summed E-state index contributed by atoms with van der Waals surface area (Å²) < 4.78 is 27.0. The average Bonchev–Trinajstić information content (AvgIpc) is 3.12. The standard InChI is InChI=1S/C21H21N3O7/c1-27-14-9-12-13(25)8-11(17(12)20(31-5)18(14)21(26)23-24-22)10-6-15(28-2)19(30-4)16(7-10)29-3/h6-7,9,11H,8H2,1-5H3. The zero-order valence-electron chi connectivity index (χ0n) is 17.7. The first-order valence-electron chi connectivity index (χ1n) is 9.16. The molecule has 0 fully saturated rings. The summed E-state index contributed by atoms with van der Waals surface area (Å²) in [5, 5.41) is 3.17. The summed E-state index contributed by atoms with van der Waals surface area (Å²) in [6.07, 6.45) is 0.132. The van der Waals surface area contributed by atoms with Crippen molar-refractivity contribution in [1.29, 1.82) is 0 Å². The molecule has 31 heavy (non-hydrogen) atoms.